The summed E-state index contributed by atoms with van der Waals surface area (Å²) in [5.74, 6) is 2.30. The van der Waals surface area contributed by atoms with E-state index in [0.29, 0.717) is 0 Å². The Morgan fingerprint density at radius 2 is 1.08 bits per heavy atom. The molecule has 1 heterocycles. The number of hydrogen-bond donors (Lipinski definition) is 4. The molecule has 0 bridgehead atoms. The maximum Gasteiger partial charge on any atom is 0.0386 e. The Labute approximate surface area is 155 Å². The van der Waals surface area contributed by atoms with Crippen LogP contribution in [0, 0.1) is 0 Å². The van der Waals surface area contributed by atoms with Crippen molar-refractivity contribution < 1.29 is 0 Å². The normalized spacial score (nSPS) is 17.3. The van der Waals surface area contributed by atoms with Gasteiger partial charge in [-0.2, -0.15) is 11.8 Å². The molecule has 134 valence electrons. The molecule has 4 N–H and O–H groups in total. The van der Waals surface area contributed by atoms with Crippen molar-refractivity contribution in [2.24, 2.45) is 0 Å². The van der Waals surface area contributed by atoms with Crippen molar-refractivity contribution >= 4 is 23.1 Å². The van der Waals surface area contributed by atoms with Crippen LogP contribution >= 0.6 is 11.8 Å². The van der Waals surface area contributed by atoms with Crippen LogP contribution in [0.2, 0.25) is 0 Å². The summed E-state index contributed by atoms with van der Waals surface area (Å²) in [5.41, 5.74) is 5.12. The molecule has 3 rings (SSSR count). The Bertz CT molecular complexity index is 592. The predicted octanol–water partition coefficient (Wildman–Crippen LogP) is 3.14. The minimum absolute atomic E-state index is 0.897. The molecule has 0 fully saturated rings. The maximum absolute atomic E-state index is 3.56. The first-order valence-corrected chi connectivity index (χ1v) is 10.2. The van der Waals surface area contributed by atoms with Crippen LogP contribution in [-0.2, 0) is 13.1 Å². The van der Waals surface area contributed by atoms with Gasteiger partial charge >= 0.3 is 0 Å². The van der Waals surface area contributed by atoms with Crippen molar-refractivity contribution in [3.8, 4) is 0 Å². The molecule has 0 aliphatic carbocycles. The van der Waals surface area contributed by atoms with Gasteiger partial charge in [0.1, 0.15) is 0 Å². The quantitative estimate of drug-likeness (QED) is 0.584. The first-order valence-electron chi connectivity index (χ1n) is 9.06. The van der Waals surface area contributed by atoms with E-state index in [2.05, 4.69) is 69.8 Å². The molecule has 0 saturated carbocycles. The molecule has 0 saturated heterocycles. The minimum Gasteiger partial charge on any atom is -0.383 e. The van der Waals surface area contributed by atoms with Crippen LogP contribution in [0.4, 0.5) is 11.4 Å². The summed E-state index contributed by atoms with van der Waals surface area (Å²) in [5, 5.41) is 14.2. The topological polar surface area (TPSA) is 48.1 Å². The second-order valence-electron chi connectivity index (χ2n) is 6.13. The fourth-order valence-electron chi connectivity index (χ4n) is 2.93. The van der Waals surface area contributed by atoms with E-state index < -0.39 is 0 Å². The molecule has 25 heavy (non-hydrogen) atoms. The average Bonchev–Trinajstić information content (AvgIpc) is 2.65. The fraction of sp³-hybridized carbons (Fsp3) is 0.400. The molecule has 5 heteroatoms. The van der Waals surface area contributed by atoms with Gasteiger partial charge in [0, 0.05) is 62.1 Å². The lowest BCUT2D eigenvalue weighted by Gasteiger charge is -2.15. The largest absolute Gasteiger partial charge is 0.383 e. The van der Waals surface area contributed by atoms with Crippen LogP contribution in [-0.4, -0.2) is 37.7 Å². The summed E-state index contributed by atoms with van der Waals surface area (Å²) in [4.78, 5) is 0. The number of nitrogens with one attached hydrogen (secondary N) is 4. The summed E-state index contributed by atoms with van der Waals surface area (Å²) in [6, 6.07) is 17.1. The standard InChI is InChI=1S/C20H28N4S/c1-3-7-19-17(5-1)15-21-11-13-25-14-12-22-16-18-6-2-4-8-20(18)24-10-9-23-19/h1-8,21-24H,9-16H2. The molecule has 2 aromatic rings. The molecule has 2 aromatic carbocycles. The van der Waals surface area contributed by atoms with Crippen LogP contribution in [0.1, 0.15) is 11.1 Å². The maximum atomic E-state index is 3.56. The lowest BCUT2D eigenvalue weighted by Crippen LogP contribution is -2.20. The van der Waals surface area contributed by atoms with Gasteiger partial charge in [-0.15, -0.1) is 0 Å². The SMILES string of the molecule is c1ccc2c(c1)CNCCSCCNCc1ccccc1NCCN2. The van der Waals surface area contributed by atoms with Crippen molar-refractivity contribution in [1.82, 2.24) is 10.6 Å². The van der Waals surface area contributed by atoms with Gasteiger partial charge in [-0.1, -0.05) is 36.4 Å². The highest BCUT2D eigenvalue weighted by molar-refractivity contribution is 7.99. The highest BCUT2D eigenvalue weighted by atomic mass is 32.2. The Morgan fingerprint density at radius 3 is 1.60 bits per heavy atom. The molecular weight excluding hydrogens is 328 g/mol. The van der Waals surface area contributed by atoms with Crippen LogP contribution in [0.25, 0.3) is 0 Å². The third-order valence-corrected chi connectivity index (χ3v) is 5.25. The van der Waals surface area contributed by atoms with Gasteiger partial charge in [-0.3, -0.25) is 0 Å². The Balaban J connectivity index is 1.64. The zero-order valence-corrected chi connectivity index (χ0v) is 15.5. The molecule has 0 radical (unpaired) electrons. The van der Waals surface area contributed by atoms with Gasteiger partial charge in [-0.25, -0.2) is 0 Å². The van der Waals surface area contributed by atoms with Gasteiger partial charge < -0.3 is 21.3 Å². The van der Waals surface area contributed by atoms with E-state index in [9.17, 15) is 0 Å². The van der Waals surface area contributed by atoms with E-state index in [4.69, 9.17) is 0 Å². The third-order valence-electron chi connectivity index (χ3n) is 4.27. The lowest BCUT2D eigenvalue weighted by molar-refractivity contribution is 0.725. The van der Waals surface area contributed by atoms with Crippen LogP contribution in [0.3, 0.4) is 0 Å². The van der Waals surface area contributed by atoms with Gasteiger partial charge in [-0.05, 0) is 23.3 Å². The summed E-state index contributed by atoms with van der Waals surface area (Å²) in [7, 11) is 0. The van der Waals surface area contributed by atoms with Crippen molar-refractivity contribution in [2.75, 3.05) is 48.3 Å². The molecule has 0 aromatic heterocycles. The Kier molecular flexibility index (Phi) is 7.49. The van der Waals surface area contributed by atoms with Crippen molar-refractivity contribution in [1.29, 1.82) is 0 Å². The molecule has 4 nitrogen and oxygen atoms in total. The summed E-state index contributed by atoms with van der Waals surface area (Å²) < 4.78 is 0. The average molecular weight is 357 g/mol. The first-order chi connectivity index (χ1) is 12.4. The molecule has 0 unspecified atom stereocenters. The van der Waals surface area contributed by atoms with E-state index >= 15 is 0 Å². The molecule has 1 aliphatic rings. The van der Waals surface area contributed by atoms with E-state index in [-0.39, 0.29) is 0 Å². The van der Waals surface area contributed by atoms with Gasteiger partial charge in [0.05, 0.1) is 0 Å². The molecule has 0 spiro atoms. The Morgan fingerprint density at radius 1 is 0.600 bits per heavy atom. The highest BCUT2D eigenvalue weighted by Crippen LogP contribution is 2.16. The molecule has 0 atom stereocenters. The molecular formula is C20H28N4S. The third kappa shape index (κ3) is 5.96. The Hall–Kier alpha value is -1.69. The van der Waals surface area contributed by atoms with Crippen molar-refractivity contribution in [2.45, 2.75) is 13.1 Å². The number of hydrogen-bond acceptors (Lipinski definition) is 5. The van der Waals surface area contributed by atoms with Crippen LogP contribution < -0.4 is 21.3 Å². The van der Waals surface area contributed by atoms with E-state index in [1.807, 2.05) is 11.8 Å². The smallest absolute Gasteiger partial charge is 0.0386 e. The highest BCUT2D eigenvalue weighted by Gasteiger charge is 2.03. The number of benzene rings is 2. The van der Waals surface area contributed by atoms with Gasteiger partial charge in [0.25, 0.3) is 0 Å². The zero-order chi connectivity index (χ0) is 17.2. The van der Waals surface area contributed by atoms with E-state index in [0.717, 1.165) is 50.8 Å². The van der Waals surface area contributed by atoms with Crippen molar-refractivity contribution in [3.05, 3.63) is 59.7 Å². The zero-order valence-electron chi connectivity index (χ0n) is 14.7. The van der Waals surface area contributed by atoms with E-state index in [1.165, 1.54) is 22.5 Å². The second kappa shape index (κ2) is 10.3. The number of anilines is 2. The molecule has 0 amide bonds. The summed E-state index contributed by atoms with van der Waals surface area (Å²) in [6.45, 7) is 5.71. The predicted molar refractivity (Wildman–Crippen MR) is 111 cm³/mol. The first kappa shape index (κ1) is 18.1. The number of rotatable bonds is 0. The number of fused-ring (bicyclic) bond motifs is 2. The van der Waals surface area contributed by atoms with Crippen LogP contribution in [0.15, 0.2) is 48.5 Å². The molecule has 1 aliphatic heterocycles. The van der Waals surface area contributed by atoms with E-state index in [1.54, 1.807) is 0 Å². The van der Waals surface area contributed by atoms with Gasteiger partial charge in [0.15, 0.2) is 0 Å². The summed E-state index contributed by atoms with van der Waals surface area (Å²) >= 11 is 2.00. The monoisotopic (exact) mass is 356 g/mol. The lowest BCUT2D eigenvalue weighted by atomic mass is 10.1. The minimum atomic E-state index is 0.897. The van der Waals surface area contributed by atoms with Crippen LogP contribution in [0.5, 0.6) is 0 Å². The van der Waals surface area contributed by atoms with Gasteiger partial charge in [0.2, 0.25) is 0 Å². The number of para-hydroxylation sites is 2. The van der Waals surface area contributed by atoms with Crippen molar-refractivity contribution in [3.63, 3.8) is 0 Å². The fourth-order valence-corrected chi connectivity index (χ4v) is 3.71. The summed E-state index contributed by atoms with van der Waals surface area (Å²) in [6.07, 6.45) is 0. The number of thioether (sulfide) groups is 1. The second-order valence-corrected chi connectivity index (χ2v) is 7.36.